The van der Waals surface area contributed by atoms with E-state index < -0.39 is 0 Å². The summed E-state index contributed by atoms with van der Waals surface area (Å²) < 4.78 is 5.89. The van der Waals surface area contributed by atoms with Crippen molar-refractivity contribution in [2.24, 2.45) is 33.7 Å². The number of ether oxygens (including phenoxy) is 1. The van der Waals surface area contributed by atoms with Crippen LogP contribution in [0, 0.1) is 28.6 Å². The van der Waals surface area contributed by atoms with E-state index in [0.717, 1.165) is 50.7 Å². The van der Waals surface area contributed by atoms with Gasteiger partial charge in [0, 0.05) is 16.9 Å². The summed E-state index contributed by atoms with van der Waals surface area (Å²) in [5.74, 6) is 1.71. The van der Waals surface area contributed by atoms with E-state index >= 15 is 0 Å². The lowest BCUT2D eigenvalue weighted by molar-refractivity contribution is -0.0287. The van der Waals surface area contributed by atoms with Gasteiger partial charge in [-0.25, -0.2) is 4.79 Å². The average Bonchev–Trinajstić information content (AvgIpc) is 3.10. The highest BCUT2D eigenvalue weighted by molar-refractivity contribution is 6.30. The summed E-state index contributed by atoms with van der Waals surface area (Å²) in [4.78, 5) is 12.6. The maximum Gasteiger partial charge on any atom is 0.338 e. The second-order valence-electron chi connectivity index (χ2n) is 10.6. The van der Waals surface area contributed by atoms with E-state index in [1.54, 1.807) is 24.3 Å². The predicted molar refractivity (Wildman–Crippen MR) is 122 cm³/mol. The van der Waals surface area contributed by atoms with Crippen molar-refractivity contribution in [3.8, 4) is 0 Å². The number of rotatable bonds is 2. The molecule has 0 bridgehead atoms. The van der Waals surface area contributed by atoms with Crippen molar-refractivity contribution in [3.63, 3.8) is 0 Å². The Kier molecular flexibility index (Phi) is 5.20. The van der Waals surface area contributed by atoms with Gasteiger partial charge in [-0.2, -0.15) is 0 Å². The van der Waals surface area contributed by atoms with Crippen molar-refractivity contribution in [1.82, 2.24) is 0 Å². The van der Waals surface area contributed by atoms with Crippen LogP contribution in [-0.2, 0) is 4.74 Å². The van der Waals surface area contributed by atoms with Crippen molar-refractivity contribution in [2.45, 2.75) is 71.3 Å². The van der Waals surface area contributed by atoms with Gasteiger partial charge >= 0.3 is 5.97 Å². The zero-order valence-corrected chi connectivity index (χ0v) is 19.2. The summed E-state index contributed by atoms with van der Waals surface area (Å²) in [5, 5.41) is 13.8. The van der Waals surface area contributed by atoms with Crippen molar-refractivity contribution in [3.05, 3.63) is 46.5 Å². The number of oxime groups is 1. The highest BCUT2D eigenvalue weighted by atomic mass is 35.5. The summed E-state index contributed by atoms with van der Waals surface area (Å²) in [7, 11) is 0. The Morgan fingerprint density at radius 1 is 1.10 bits per heavy atom. The third-order valence-electron chi connectivity index (χ3n) is 9.27. The van der Waals surface area contributed by atoms with Gasteiger partial charge in [0.1, 0.15) is 6.10 Å². The number of carbonyl (C=O) groups is 1. The third kappa shape index (κ3) is 3.33. The van der Waals surface area contributed by atoms with Gasteiger partial charge in [-0.15, -0.1) is 0 Å². The maximum atomic E-state index is 12.6. The van der Waals surface area contributed by atoms with Crippen LogP contribution >= 0.6 is 11.6 Å². The van der Waals surface area contributed by atoms with E-state index in [1.807, 2.05) is 0 Å². The molecule has 0 amide bonds. The molecule has 166 valence electrons. The van der Waals surface area contributed by atoms with Gasteiger partial charge in [-0.05, 0) is 92.4 Å². The standard InChI is InChI=1S/C26H32ClNO3/c1-25-13-11-19(31-24(29)16-3-6-18(27)7-4-16)15-17(25)5-8-20-21-9-10-23(28-30)26(21,2)14-12-22(20)25/h3-7,19-22,30H,8-15H2,1-2H3/t19?,20-,21-,22+,25-,26-/m0/s1. The molecule has 1 aromatic carbocycles. The van der Waals surface area contributed by atoms with Gasteiger partial charge in [-0.1, -0.05) is 42.3 Å². The predicted octanol–water partition coefficient (Wildman–Crippen LogP) is 6.66. The number of halogens is 1. The molecule has 0 radical (unpaired) electrons. The smallest absolute Gasteiger partial charge is 0.338 e. The first-order valence-corrected chi connectivity index (χ1v) is 12.1. The molecule has 5 rings (SSSR count). The normalized spacial score (nSPS) is 40.5. The fourth-order valence-corrected chi connectivity index (χ4v) is 7.61. The minimum Gasteiger partial charge on any atom is -0.458 e. The van der Waals surface area contributed by atoms with Crippen molar-refractivity contribution < 1.29 is 14.7 Å². The highest BCUT2D eigenvalue weighted by Gasteiger charge is 2.58. The Bertz CT molecular complexity index is 938. The van der Waals surface area contributed by atoms with Gasteiger partial charge in [0.15, 0.2) is 0 Å². The molecule has 3 fully saturated rings. The lowest BCUT2D eigenvalue weighted by atomic mass is 9.48. The Balaban J connectivity index is 1.32. The number of allylic oxidation sites excluding steroid dienone is 1. The summed E-state index contributed by atoms with van der Waals surface area (Å²) in [6, 6.07) is 6.92. The Morgan fingerprint density at radius 3 is 2.55 bits per heavy atom. The third-order valence-corrected chi connectivity index (χ3v) is 9.53. The molecule has 0 spiro atoms. The van der Waals surface area contributed by atoms with Crippen LogP contribution in [0.4, 0.5) is 0 Å². The second kappa shape index (κ2) is 7.65. The van der Waals surface area contributed by atoms with Crippen LogP contribution in [0.5, 0.6) is 0 Å². The Labute approximate surface area is 189 Å². The number of nitrogens with zero attached hydrogens (tertiary/aromatic N) is 1. The van der Waals surface area contributed by atoms with Crippen LogP contribution in [-0.4, -0.2) is 23.0 Å². The quantitative estimate of drug-likeness (QED) is 0.241. The molecular weight excluding hydrogens is 410 g/mol. The van der Waals surface area contributed by atoms with Gasteiger partial charge in [0.25, 0.3) is 0 Å². The largest absolute Gasteiger partial charge is 0.458 e. The molecule has 31 heavy (non-hydrogen) atoms. The van der Waals surface area contributed by atoms with Crippen LogP contribution in [0.3, 0.4) is 0 Å². The van der Waals surface area contributed by atoms with Crippen molar-refractivity contribution >= 4 is 23.3 Å². The van der Waals surface area contributed by atoms with Gasteiger partial charge < -0.3 is 9.94 Å². The van der Waals surface area contributed by atoms with E-state index in [1.165, 1.54) is 12.0 Å². The Morgan fingerprint density at radius 2 is 1.81 bits per heavy atom. The molecule has 4 aliphatic rings. The maximum absolute atomic E-state index is 12.6. The second-order valence-corrected chi connectivity index (χ2v) is 11.0. The average molecular weight is 442 g/mol. The van der Waals surface area contributed by atoms with Gasteiger partial charge in [-0.3, -0.25) is 0 Å². The van der Waals surface area contributed by atoms with E-state index in [0.29, 0.717) is 28.3 Å². The van der Waals surface area contributed by atoms with Gasteiger partial charge in [0.05, 0.1) is 11.3 Å². The van der Waals surface area contributed by atoms with Crippen molar-refractivity contribution in [2.75, 3.05) is 0 Å². The molecule has 1 unspecified atom stereocenters. The minimum atomic E-state index is -0.255. The van der Waals surface area contributed by atoms with E-state index in [-0.39, 0.29) is 22.9 Å². The summed E-state index contributed by atoms with van der Waals surface area (Å²) in [5.41, 5.74) is 3.35. The molecule has 1 N–H and O–H groups in total. The SMILES string of the molecule is C[C@]12CCC(OC(=O)c3ccc(Cl)cc3)CC1=CC[C@@H]1[C@H]2CC[C@]2(C)C(=NO)CC[C@@H]12. The van der Waals surface area contributed by atoms with Crippen molar-refractivity contribution in [1.29, 1.82) is 0 Å². The molecule has 4 nitrogen and oxygen atoms in total. The first kappa shape index (κ1) is 21.1. The van der Waals surface area contributed by atoms with Crippen LogP contribution in [0.1, 0.15) is 75.6 Å². The van der Waals surface area contributed by atoms with Gasteiger partial charge in [0.2, 0.25) is 0 Å². The minimum absolute atomic E-state index is 0.0486. The van der Waals surface area contributed by atoms with E-state index in [2.05, 4.69) is 25.1 Å². The van der Waals surface area contributed by atoms with Crippen LogP contribution < -0.4 is 0 Å². The zero-order valence-electron chi connectivity index (χ0n) is 18.4. The Hall–Kier alpha value is -1.81. The first-order valence-electron chi connectivity index (χ1n) is 11.7. The molecule has 0 aromatic heterocycles. The number of esters is 1. The number of hydrogen-bond acceptors (Lipinski definition) is 4. The molecule has 0 heterocycles. The van der Waals surface area contributed by atoms with Crippen LogP contribution in [0.15, 0.2) is 41.1 Å². The molecule has 3 saturated carbocycles. The topological polar surface area (TPSA) is 58.9 Å². The molecule has 6 atom stereocenters. The summed E-state index contributed by atoms with van der Waals surface area (Å²) in [6.07, 6.45) is 10.8. The number of fused-ring (bicyclic) bond motifs is 5. The fourth-order valence-electron chi connectivity index (χ4n) is 7.49. The number of hydrogen-bond donors (Lipinski definition) is 1. The van der Waals surface area contributed by atoms with Crippen LogP contribution in [0.25, 0.3) is 0 Å². The molecular formula is C26H32ClNO3. The molecule has 5 heteroatoms. The molecule has 1 aromatic rings. The van der Waals surface area contributed by atoms with E-state index in [9.17, 15) is 10.0 Å². The molecule has 0 saturated heterocycles. The number of benzene rings is 1. The number of carbonyl (C=O) groups excluding carboxylic acids is 1. The molecule has 4 aliphatic carbocycles. The van der Waals surface area contributed by atoms with E-state index in [4.69, 9.17) is 16.3 Å². The monoisotopic (exact) mass is 441 g/mol. The summed E-state index contributed by atoms with van der Waals surface area (Å²) >= 11 is 5.94. The summed E-state index contributed by atoms with van der Waals surface area (Å²) in [6.45, 7) is 4.77. The molecule has 0 aliphatic heterocycles. The van der Waals surface area contributed by atoms with Crippen LogP contribution in [0.2, 0.25) is 5.02 Å². The fraction of sp³-hybridized carbons (Fsp3) is 0.615. The highest BCUT2D eigenvalue weighted by Crippen LogP contribution is 2.64. The zero-order chi connectivity index (χ0) is 21.8. The first-order chi connectivity index (χ1) is 14.8. The lowest BCUT2D eigenvalue weighted by Gasteiger charge is -2.57. The lowest BCUT2D eigenvalue weighted by Crippen LogP contribution is -2.50.